The average Bonchev–Trinajstić information content (AvgIpc) is 3.41. The number of unbranched alkanes of at least 4 members (excludes halogenated alkanes) is 2. The van der Waals surface area contributed by atoms with Crippen molar-refractivity contribution in [1.82, 2.24) is 42.5 Å². The number of nitrogens with one attached hydrogen (secondary N) is 8. The van der Waals surface area contributed by atoms with E-state index in [0.717, 1.165) is 0 Å². The van der Waals surface area contributed by atoms with Crippen molar-refractivity contribution >= 4 is 59.1 Å². The first kappa shape index (κ1) is 63.3. The zero-order chi connectivity index (χ0) is 56.5. The number of rotatable bonds is 36. The molecule has 77 heavy (non-hydrogen) atoms. The minimum Gasteiger partial charge on any atom is -0.394 e. The van der Waals surface area contributed by atoms with Gasteiger partial charge in [-0.3, -0.25) is 48.1 Å². The van der Waals surface area contributed by atoms with Crippen molar-refractivity contribution in [3.8, 4) is 0 Å². The van der Waals surface area contributed by atoms with Gasteiger partial charge in [-0.1, -0.05) is 97.4 Å². The number of carbonyl (C=O) groups is 9. The molecule has 7 atom stereocenters. The second kappa shape index (κ2) is 35.3. The largest absolute Gasteiger partial charge is 0.394 e. The number of aliphatic hydroxyl groups is 1. The summed E-state index contributed by atoms with van der Waals surface area (Å²) in [6.07, 6.45) is 2.97. The number of hydrogen-bond donors (Lipinski definition) is 15. The normalized spacial score (nSPS) is 13.6. The molecule has 0 aliphatic heterocycles. The Bertz CT molecular complexity index is 2380. The zero-order valence-electron chi connectivity index (χ0n) is 43.3. The molecule has 0 radical (unpaired) electrons. The minimum atomic E-state index is -1.68. The summed E-state index contributed by atoms with van der Waals surface area (Å²) in [5, 5.41) is 30.8. The lowest BCUT2D eigenvalue weighted by Gasteiger charge is -2.27. The van der Waals surface area contributed by atoms with Crippen molar-refractivity contribution in [3.05, 3.63) is 108 Å². The van der Waals surface area contributed by atoms with Gasteiger partial charge in [-0.25, -0.2) is 0 Å². The topological polar surface area (TPSA) is 439 Å². The highest BCUT2D eigenvalue weighted by Gasteiger charge is 2.33. The van der Waals surface area contributed by atoms with Gasteiger partial charge in [0.1, 0.15) is 36.3 Å². The molecule has 9 amide bonds. The molecule has 3 rings (SSSR count). The lowest BCUT2D eigenvalue weighted by Crippen LogP contribution is -2.60. The number of primary amides is 1. The van der Waals surface area contributed by atoms with E-state index in [2.05, 4.69) is 47.5 Å². The van der Waals surface area contributed by atoms with Gasteiger partial charge in [0.05, 0.1) is 25.7 Å². The van der Waals surface area contributed by atoms with Crippen molar-refractivity contribution in [3.63, 3.8) is 0 Å². The second-order valence-corrected chi connectivity index (χ2v) is 18.2. The Morgan fingerprint density at radius 3 is 1.35 bits per heavy atom. The summed E-state index contributed by atoms with van der Waals surface area (Å²) in [5.74, 6) is -7.35. The van der Waals surface area contributed by atoms with Crippen LogP contribution >= 0.6 is 0 Å². The van der Waals surface area contributed by atoms with Crippen LogP contribution in [0.1, 0.15) is 68.1 Å². The van der Waals surface area contributed by atoms with Crippen LogP contribution in [0.2, 0.25) is 0 Å². The van der Waals surface area contributed by atoms with Crippen LogP contribution in [-0.2, 0) is 62.4 Å². The maximum absolute atomic E-state index is 14.2. The third-order valence-electron chi connectivity index (χ3n) is 11.9. The molecular weight excluding hydrogens is 995 g/mol. The predicted octanol–water partition coefficient (Wildman–Crippen LogP) is -4.03. The number of nitrogens with zero attached hydrogens (tertiary/aromatic N) is 1. The van der Waals surface area contributed by atoms with Crippen LogP contribution in [0.4, 0.5) is 0 Å². The third-order valence-corrected chi connectivity index (χ3v) is 11.9. The molecule has 0 bridgehead atoms. The molecule has 420 valence electrons. The van der Waals surface area contributed by atoms with Gasteiger partial charge in [0, 0.05) is 25.8 Å². The van der Waals surface area contributed by atoms with E-state index in [1.54, 1.807) is 91.0 Å². The Balaban J connectivity index is 1.75. The molecule has 0 spiro atoms. The quantitative estimate of drug-likeness (QED) is 0.0150. The van der Waals surface area contributed by atoms with Crippen molar-refractivity contribution in [2.75, 3.05) is 39.3 Å². The summed E-state index contributed by atoms with van der Waals surface area (Å²) in [7, 11) is 0. The summed E-state index contributed by atoms with van der Waals surface area (Å²) in [6, 6.07) is 17.1. The number of hydrogen-bond acceptors (Lipinski definition) is 14. The maximum Gasteiger partial charge on any atom is 0.245 e. The van der Waals surface area contributed by atoms with Gasteiger partial charge in [-0.05, 0) is 74.7 Å². The Labute approximate surface area is 448 Å². The van der Waals surface area contributed by atoms with E-state index in [4.69, 9.17) is 34.4 Å². The van der Waals surface area contributed by atoms with Gasteiger partial charge < -0.3 is 82.0 Å². The Kier molecular flexibility index (Phi) is 29.0. The van der Waals surface area contributed by atoms with Gasteiger partial charge in [-0.2, -0.15) is 0 Å². The summed E-state index contributed by atoms with van der Waals surface area (Å²) in [4.78, 5) is 125. The minimum absolute atomic E-state index is 0.0226. The van der Waals surface area contributed by atoms with Crippen LogP contribution in [0, 0.1) is 0 Å². The number of benzene rings is 3. The highest BCUT2D eigenvalue weighted by atomic mass is 16.3. The molecule has 1 unspecified atom stereocenters. The van der Waals surface area contributed by atoms with Crippen LogP contribution < -0.4 is 76.9 Å². The van der Waals surface area contributed by atoms with Gasteiger partial charge in [-0.15, -0.1) is 0 Å². The number of carbonyl (C=O) groups excluding carboxylic acids is 9. The van der Waals surface area contributed by atoms with E-state index in [9.17, 15) is 48.3 Å². The molecule has 0 aliphatic rings. The highest BCUT2D eigenvalue weighted by molar-refractivity contribution is 5.97. The number of guanidine groups is 1. The molecule has 3 aromatic carbocycles. The van der Waals surface area contributed by atoms with E-state index in [-0.39, 0.29) is 51.0 Å². The molecule has 25 nitrogen and oxygen atoms in total. The fourth-order valence-corrected chi connectivity index (χ4v) is 7.70. The van der Waals surface area contributed by atoms with Crippen LogP contribution in [0.5, 0.6) is 0 Å². The third kappa shape index (κ3) is 24.9. The molecule has 3 aromatic rings. The van der Waals surface area contributed by atoms with E-state index in [1.807, 2.05) is 0 Å². The second-order valence-electron chi connectivity index (χ2n) is 18.2. The number of amides is 9. The first-order valence-corrected chi connectivity index (χ1v) is 25.5. The van der Waals surface area contributed by atoms with Gasteiger partial charge in [0.15, 0.2) is 5.96 Å². The first-order chi connectivity index (χ1) is 36.9. The van der Waals surface area contributed by atoms with Crippen molar-refractivity contribution < 1.29 is 48.3 Å². The van der Waals surface area contributed by atoms with Gasteiger partial charge in [0.2, 0.25) is 53.2 Å². The average molecular weight is 1070 g/mol. The first-order valence-electron chi connectivity index (χ1n) is 25.5. The summed E-state index contributed by atoms with van der Waals surface area (Å²) in [5.41, 5.74) is 35.7. The van der Waals surface area contributed by atoms with E-state index in [1.165, 1.54) is 0 Å². The Morgan fingerprint density at radius 1 is 0.442 bits per heavy atom. The SMILES string of the molecule is NCCCC[C@H](NC(=O)[C@@H](N)CCCCN)C(=O)NCC(=O)NCC(=O)N[C@@H](Cc1ccccc1)C(=O)N[C@@H](CO)C(=O)N[C@@H](Cc1ccccc1)C(=O)N[C@@H](CCCN=C(N)N)C(=O)NC(Cc1ccccc1)C(N)=O. The molecule has 0 saturated carbocycles. The van der Waals surface area contributed by atoms with E-state index >= 15 is 0 Å². The van der Waals surface area contributed by atoms with E-state index < -0.39 is 115 Å². The van der Waals surface area contributed by atoms with Gasteiger partial charge >= 0.3 is 0 Å². The number of aliphatic imine (C=N–C) groups is 1. The van der Waals surface area contributed by atoms with Crippen LogP contribution in [0.3, 0.4) is 0 Å². The highest BCUT2D eigenvalue weighted by Crippen LogP contribution is 2.10. The summed E-state index contributed by atoms with van der Waals surface area (Å²) in [6.45, 7) is -1.29. The number of nitrogens with two attached hydrogens (primary N) is 6. The van der Waals surface area contributed by atoms with Crippen LogP contribution in [0.15, 0.2) is 96.0 Å². The smallest absolute Gasteiger partial charge is 0.245 e. The van der Waals surface area contributed by atoms with Crippen molar-refractivity contribution in [2.24, 2.45) is 39.4 Å². The lowest BCUT2D eigenvalue weighted by atomic mass is 10.0. The molecule has 0 aromatic heterocycles. The predicted molar refractivity (Wildman–Crippen MR) is 288 cm³/mol. The standard InChI is InChI=1S/C52H77N15O10/c53-24-12-10-21-36(55)46(72)63-37(22-11-13-25-54)47(73)61-30-43(69)60-31-44(70)62-40(28-34-17-6-2-7-18-34)49(75)67-42(32-68)51(77)66-41(29-35-19-8-3-9-20-35)50(76)64-38(23-14-26-59-52(57)58)48(74)65-39(45(56)71)27-33-15-4-1-5-16-33/h1-9,15-20,36-42,68H,10-14,21-32,53-55H2,(H2,56,71)(H,60,69)(H,61,73)(H,62,70)(H,63,72)(H,64,76)(H,65,74)(H,66,77)(H,67,75)(H4,57,58,59)/t36-,37-,38-,39?,40-,41-,42-/m0/s1. The molecule has 25 heteroatoms. The molecule has 0 saturated heterocycles. The molecular formula is C52H77N15O10. The molecule has 0 aliphatic carbocycles. The molecule has 0 fully saturated rings. The Morgan fingerprint density at radius 2 is 0.844 bits per heavy atom. The maximum atomic E-state index is 14.2. The molecule has 21 N–H and O–H groups in total. The fourth-order valence-electron chi connectivity index (χ4n) is 7.70. The van der Waals surface area contributed by atoms with Crippen molar-refractivity contribution in [1.29, 1.82) is 0 Å². The lowest BCUT2D eigenvalue weighted by molar-refractivity contribution is -0.135. The van der Waals surface area contributed by atoms with Crippen LogP contribution in [-0.4, -0.2) is 146 Å². The fraction of sp³-hybridized carbons (Fsp3) is 0.462. The molecule has 0 heterocycles. The monoisotopic (exact) mass is 1070 g/mol. The summed E-state index contributed by atoms with van der Waals surface area (Å²) >= 11 is 0. The zero-order valence-corrected chi connectivity index (χ0v) is 43.3. The summed E-state index contributed by atoms with van der Waals surface area (Å²) < 4.78 is 0. The van der Waals surface area contributed by atoms with Crippen LogP contribution in [0.25, 0.3) is 0 Å². The number of aliphatic hydroxyl groups excluding tert-OH is 1. The van der Waals surface area contributed by atoms with Gasteiger partial charge in [0.25, 0.3) is 0 Å². The Hall–Kier alpha value is -8.00. The van der Waals surface area contributed by atoms with E-state index in [0.29, 0.717) is 61.9 Å². The van der Waals surface area contributed by atoms with Crippen molar-refractivity contribution in [2.45, 2.75) is 113 Å².